The zero-order valence-electron chi connectivity index (χ0n) is 11.7. The molecule has 1 aromatic heterocycles. The highest BCUT2D eigenvalue weighted by Crippen LogP contribution is 2.19. The Morgan fingerprint density at radius 2 is 1.91 bits per heavy atom. The Labute approximate surface area is 142 Å². The molecular formula is C15H15ClN2O2S2. The lowest BCUT2D eigenvalue weighted by molar-refractivity contribution is -0.120. The van der Waals surface area contributed by atoms with Crippen LogP contribution in [-0.2, 0) is 4.79 Å². The topological polar surface area (TPSA) is 58.2 Å². The first-order valence-corrected chi connectivity index (χ1v) is 8.86. The number of halogens is 1. The lowest BCUT2D eigenvalue weighted by Gasteiger charge is -2.06. The Morgan fingerprint density at radius 1 is 1.14 bits per heavy atom. The second kappa shape index (κ2) is 8.82. The van der Waals surface area contributed by atoms with Crippen molar-refractivity contribution >= 4 is 46.5 Å². The number of carbonyl (C=O) groups is 2. The van der Waals surface area contributed by atoms with Crippen molar-refractivity contribution in [3.05, 3.63) is 51.7 Å². The first-order valence-electron chi connectivity index (χ1n) is 6.62. The molecule has 2 aromatic rings. The van der Waals surface area contributed by atoms with Crippen LogP contribution in [-0.4, -0.2) is 30.7 Å². The fraction of sp³-hybridized carbons (Fsp3) is 0.200. The molecule has 0 atom stereocenters. The Balaban J connectivity index is 1.59. The summed E-state index contributed by atoms with van der Waals surface area (Å²) in [5, 5.41) is 7.89. The van der Waals surface area contributed by atoms with Crippen LogP contribution in [0.3, 0.4) is 0 Å². The quantitative estimate of drug-likeness (QED) is 0.593. The van der Waals surface area contributed by atoms with Gasteiger partial charge in [-0.05, 0) is 35.7 Å². The van der Waals surface area contributed by atoms with Crippen molar-refractivity contribution < 1.29 is 9.59 Å². The molecule has 0 radical (unpaired) electrons. The predicted octanol–water partition coefficient (Wildman–Crippen LogP) is 3.04. The molecule has 0 spiro atoms. The Hall–Kier alpha value is -1.50. The fourth-order valence-corrected chi connectivity index (χ4v) is 3.14. The van der Waals surface area contributed by atoms with Crippen molar-refractivity contribution in [2.45, 2.75) is 4.90 Å². The van der Waals surface area contributed by atoms with Crippen LogP contribution in [0.1, 0.15) is 9.67 Å². The van der Waals surface area contributed by atoms with Gasteiger partial charge >= 0.3 is 0 Å². The summed E-state index contributed by atoms with van der Waals surface area (Å²) in [4.78, 5) is 25.0. The van der Waals surface area contributed by atoms with E-state index >= 15 is 0 Å². The third-order valence-electron chi connectivity index (χ3n) is 2.66. The van der Waals surface area contributed by atoms with Gasteiger partial charge in [0.25, 0.3) is 5.91 Å². The molecule has 7 heteroatoms. The van der Waals surface area contributed by atoms with Gasteiger partial charge in [0.05, 0.1) is 11.4 Å². The summed E-state index contributed by atoms with van der Waals surface area (Å²) < 4.78 is 0. The maximum absolute atomic E-state index is 11.7. The molecule has 0 saturated heterocycles. The zero-order chi connectivity index (χ0) is 15.8. The molecule has 0 aliphatic carbocycles. The average Bonchev–Trinajstić information content (AvgIpc) is 3.05. The SMILES string of the molecule is O=C(CNC(=O)c1cccs1)NCCSc1ccc(Cl)cc1. The molecule has 0 unspecified atom stereocenters. The molecule has 22 heavy (non-hydrogen) atoms. The standard InChI is InChI=1S/C15H15ClN2O2S2/c16-11-3-5-12(6-4-11)21-9-7-17-14(19)10-18-15(20)13-2-1-8-22-13/h1-6,8H,7,9-10H2,(H,17,19)(H,18,20). The Morgan fingerprint density at radius 3 is 2.59 bits per heavy atom. The van der Waals surface area contributed by atoms with E-state index in [9.17, 15) is 9.59 Å². The van der Waals surface area contributed by atoms with Gasteiger partial charge in [0, 0.05) is 22.2 Å². The van der Waals surface area contributed by atoms with Crippen LogP contribution in [0.25, 0.3) is 0 Å². The van der Waals surface area contributed by atoms with E-state index in [1.54, 1.807) is 23.9 Å². The smallest absolute Gasteiger partial charge is 0.261 e. The van der Waals surface area contributed by atoms with Crippen molar-refractivity contribution in [2.24, 2.45) is 0 Å². The van der Waals surface area contributed by atoms with E-state index in [-0.39, 0.29) is 18.4 Å². The summed E-state index contributed by atoms with van der Waals surface area (Å²) in [5.41, 5.74) is 0. The summed E-state index contributed by atoms with van der Waals surface area (Å²) in [6, 6.07) is 11.1. The average molecular weight is 355 g/mol. The zero-order valence-corrected chi connectivity index (χ0v) is 14.1. The maximum Gasteiger partial charge on any atom is 0.261 e. The minimum absolute atomic E-state index is 0.0116. The molecule has 2 amide bonds. The monoisotopic (exact) mass is 354 g/mol. The number of carbonyl (C=O) groups excluding carboxylic acids is 2. The number of thioether (sulfide) groups is 1. The lowest BCUT2D eigenvalue weighted by Crippen LogP contribution is -2.37. The normalized spacial score (nSPS) is 10.2. The van der Waals surface area contributed by atoms with E-state index in [1.807, 2.05) is 29.6 Å². The summed E-state index contributed by atoms with van der Waals surface area (Å²) in [6.45, 7) is 0.531. The van der Waals surface area contributed by atoms with Gasteiger partial charge in [0.1, 0.15) is 0 Å². The number of amides is 2. The molecule has 2 N–H and O–H groups in total. The predicted molar refractivity (Wildman–Crippen MR) is 91.8 cm³/mol. The number of hydrogen-bond donors (Lipinski definition) is 2. The lowest BCUT2D eigenvalue weighted by atomic mass is 10.4. The highest BCUT2D eigenvalue weighted by Gasteiger charge is 2.08. The third-order valence-corrected chi connectivity index (χ3v) is 4.80. The summed E-state index contributed by atoms with van der Waals surface area (Å²) in [5.74, 6) is 0.342. The van der Waals surface area contributed by atoms with Crippen molar-refractivity contribution in [3.63, 3.8) is 0 Å². The van der Waals surface area contributed by atoms with Crippen LogP contribution < -0.4 is 10.6 Å². The van der Waals surface area contributed by atoms with E-state index < -0.39 is 0 Å². The molecule has 0 bridgehead atoms. The molecule has 4 nitrogen and oxygen atoms in total. The van der Waals surface area contributed by atoms with Gasteiger partial charge in [-0.25, -0.2) is 0 Å². The molecule has 1 heterocycles. The van der Waals surface area contributed by atoms with Crippen LogP contribution in [0.2, 0.25) is 5.02 Å². The van der Waals surface area contributed by atoms with Crippen LogP contribution >= 0.6 is 34.7 Å². The van der Waals surface area contributed by atoms with Crippen molar-refractivity contribution in [2.75, 3.05) is 18.8 Å². The second-order valence-electron chi connectivity index (χ2n) is 4.31. The van der Waals surface area contributed by atoms with E-state index in [0.717, 1.165) is 10.6 Å². The first kappa shape index (κ1) is 16.9. The largest absolute Gasteiger partial charge is 0.354 e. The molecule has 2 rings (SSSR count). The van der Waals surface area contributed by atoms with Gasteiger partial charge in [-0.2, -0.15) is 0 Å². The number of rotatable bonds is 7. The summed E-state index contributed by atoms with van der Waals surface area (Å²) in [7, 11) is 0. The number of hydrogen-bond acceptors (Lipinski definition) is 4. The van der Waals surface area contributed by atoms with E-state index in [1.165, 1.54) is 11.3 Å². The first-order chi connectivity index (χ1) is 10.6. The Kier molecular flexibility index (Phi) is 6.76. The Bertz CT molecular complexity index is 615. The highest BCUT2D eigenvalue weighted by atomic mass is 35.5. The van der Waals surface area contributed by atoms with Gasteiger partial charge in [-0.15, -0.1) is 23.1 Å². The second-order valence-corrected chi connectivity index (χ2v) is 6.86. The number of nitrogens with one attached hydrogen (secondary N) is 2. The van der Waals surface area contributed by atoms with Crippen molar-refractivity contribution in [1.29, 1.82) is 0 Å². The molecule has 116 valence electrons. The van der Waals surface area contributed by atoms with Gasteiger partial charge < -0.3 is 10.6 Å². The number of thiophene rings is 1. The molecule has 1 aromatic carbocycles. The molecule has 0 aliphatic heterocycles. The van der Waals surface area contributed by atoms with Crippen LogP contribution in [0.4, 0.5) is 0 Å². The molecule has 0 aliphatic rings. The van der Waals surface area contributed by atoms with Gasteiger partial charge in [0.15, 0.2) is 0 Å². The van der Waals surface area contributed by atoms with Crippen LogP contribution in [0.5, 0.6) is 0 Å². The van der Waals surface area contributed by atoms with Crippen LogP contribution in [0.15, 0.2) is 46.7 Å². The van der Waals surface area contributed by atoms with Crippen molar-refractivity contribution in [3.8, 4) is 0 Å². The molecule has 0 saturated carbocycles. The van der Waals surface area contributed by atoms with E-state index in [0.29, 0.717) is 16.4 Å². The van der Waals surface area contributed by atoms with E-state index in [2.05, 4.69) is 10.6 Å². The van der Waals surface area contributed by atoms with E-state index in [4.69, 9.17) is 11.6 Å². The molecule has 0 fully saturated rings. The minimum Gasteiger partial charge on any atom is -0.354 e. The third kappa shape index (κ3) is 5.71. The molecular weight excluding hydrogens is 340 g/mol. The maximum atomic E-state index is 11.7. The highest BCUT2D eigenvalue weighted by molar-refractivity contribution is 7.99. The fourth-order valence-electron chi connectivity index (χ4n) is 1.61. The van der Waals surface area contributed by atoms with Gasteiger partial charge in [-0.1, -0.05) is 17.7 Å². The minimum atomic E-state index is -0.222. The van der Waals surface area contributed by atoms with Gasteiger partial charge in [0.2, 0.25) is 5.91 Å². The number of benzene rings is 1. The van der Waals surface area contributed by atoms with Gasteiger partial charge in [-0.3, -0.25) is 9.59 Å². The summed E-state index contributed by atoms with van der Waals surface area (Å²) in [6.07, 6.45) is 0. The summed E-state index contributed by atoms with van der Waals surface area (Å²) >= 11 is 8.79. The van der Waals surface area contributed by atoms with Crippen LogP contribution in [0, 0.1) is 0 Å². The van der Waals surface area contributed by atoms with Crippen molar-refractivity contribution in [1.82, 2.24) is 10.6 Å².